The Hall–Kier alpha value is -2.35. The first-order chi connectivity index (χ1) is 12.0. The lowest BCUT2D eigenvalue weighted by Gasteiger charge is -2.14. The van der Waals surface area contributed by atoms with E-state index in [0.29, 0.717) is 19.0 Å². The minimum Gasteiger partial charge on any atom is -0.351 e. The van der Waals surface area contributed by atoms with Gasteiger partial charge < -0.3 is 15.5 Å². The summed E-state index contributed by atoms with van der Waals surface area (Å²) in [5.41, 5.74) is 2.15. The number of carbonyl (C=O) groups excluding carboxylic acids is 1. The predicted molar refractivity (Wildman–Crippen MR) is 102 cm³/mol. The Morgan fingerprint density at radius 1 is 1.40 bits per heavy atom. The molecule has 2 rings (SSSR count). The number of rotatable bonds is 7. The number of nitrogens with zero attached hydrogens (tertiary/aromatic N) is 4. The first-order valence-electron chi connectivity index (χ1n) is 8.25. The van der Waals surface area contributed by atoms with Crippen molar-refractivity contribution in [3.63, 3.8) is 0 Å². The fraction of sp³-hybridized carbons (Fsp3) is 0.471. The number of aromatic nitrogens is 2. The molecule has 0 saturated heterocycles. The van der Waals surface area contributed by atoms with Crippen LogP contribution in [0.5, 0.6) is 0 Å². The van der Waals surface area contributed by atoms with Crippen LogP contribution in [0.15, 0.2) is 28.7 Å². The molecule has 1 amide bonds. The van der Waals surface area contributed by atoms with Gasteiger partial charge in [0.05, 0.1) is 25.3 Å². The third kappa shape index (κ3) is 5.90. The van der Waals surface area contributed by atoms with Gasteiger partial charge in [-0.3, -0.25) is 9.48 Å². The van der Waals surface area contributed by atoms with Gasteiger partial charge in [-0.15, -0.1) is 11.3 Å². The normalized spacial score (nSPS) is 11.4. The molecule has 8 heteroatoms. The van der Waals surface area contributed by atoms with Gasteiger partial charge in [-0.25, -0.2) is 4.99 Å². The van der Waals surface area contributed by atoms with Crippen molar-refractivity contribution in [3.05, 3.63) is 39.8 Å². The molecular weight excluding hydrogens is 336 g/mol. The maximum Gasteiger partial charge on any atom is 0.241 e. The van der Waals surface area contributed by atoms with Crippen molar-refractivity contribution >= 4 is 23.2 Å². The molecule has 0 aliphatic heterocycles. The number of hydrogen-bond acceptors (Lipinski definition) is 4. The van der Waals surface area contributed by atoms with E-state index in [-0.39, 0.29) is 12.5 Å². The lowest BCUT2D eigenvalue weighted by atomic mass is 10.2. The van der Waals surface area contributed by atoms with Gasteiger partial charge in [-0.1, -0.05) is 13.0 Å². The molecule has 25 heavy (non-hydrogen) atoms. The van der Waals surface area contributed by atoms with Crippen molar-refractivity contribution in [2.45, 2.75) is 26.4 Å². The Morgan fingerprint density at radius 3 is 2.84 bits per heavy atom. The van der Waals surface area contributed by atoms with Gasteiger partial charge in [0.2, 0.25) is 5.91 Å². The Bertz CT molecular complexity index is 705. The number of carbonyl (C=O) groups is 1. The highest BCUT2D eigenvalue weighted by atomic mass is 32.1. The van der Waals surface area contributed by atoms with Crippen LogP contribution in [0.25, 0.3) is 0 Å². The summed E-state index contributed by atoms with van der Waals surface area (Å²) in [7, 11) is 5.39. The molecule has 2 N–H and O–H groups in total. The van der Waals surface area contributed by atoms with Gasteiger partial charge in [0.1, 0.15) is 0 Å². The van der Waals surface area contributed by atoms with Crippen LogP contribution in [0, 0.1) is 0 Å². The smallest absolute Gasteiger partial charge is 0.241 e. The van der Waals surface area contributed by atoms with E-state index in [1.807, 2.05) is 29.4 Å². The van der Waals surface area contributed by atoms with E-state index in [4.69, 9.17) is 0 Å². The van der Waals surface area contributed by atoms with Gasteiger partial charge in [-0.05, 0) is 17.9 Å². The second-order valence-corrected chi connectivity index (χ2v) is 6.90. The summed E-state index contributed by atoms with van der Waals surface area (Å²) in [4.78, 5) is 19.2. The number of amides is 1. The van der Waals surface area contributed by atoms with Crippen LogP contribution in [0.4, 0.5) is 0 Å². The van der Waals surface area contributed by atoms with Crippen molar-refractivity contribution in [1.29, 1.82) is 0 Å². The second kappa shape index (κ2) is 9.22. The molecular formula is C17H26N6OS. The van der Waals surface area contributed by atoms with E-state index in [1.54, 1.807) is 30.3 Å². The lowest BCUT2D eigenvalue weighted by molar-refractivity contribution is -0.127. The third-order valence-corrected chi connectivity index (χ3v) is 4.53. The highest BCUT2D eigenvalue weighted by molar-refractivity contribution is 7.09. The van der Waals surface area contributed by atoms with Crippen molar-refractivity contribution in [2.24, 2.45) is 12.0 Å². The molecule has 0 aliphatic rings. The van der Waals surface area contributed by atoms with Gasteiger partial charge >= 0.3 is 0 Å². The van der Waals surface area contributed by atoms with E-state index in [9.17, 15) is 4.79 Å². The Morgan fingerprint density at radius 2 is 2.20 bits per heavy atom. The zero-order valence-corrected chi connectivity index (χ0v) is 16.1. The summed E-state index contributed by atoms with van der Waals surface area (Å²) in [5.74, 6) is 0.621. The van der Waals surface area contributed by atoms with E-state index in [0.717, 1.165) is 17.7 Å². The number of nitrogens with one attached hydrogen (secondary N) is 2. The number of hydrogen-bond donors (Lipinski definition) is 2. The minimum absolute atomic E-state index is 0.00116. The maximum atomic E-state index is 11.8. The Labute approximate surface area is 152 Å². The zero-order chi connectivity index (χ0) is 18.2. The largest absolute Gasteiger partial charge is 0.351 e. The van der Waals surface area contributed by atoms with Crippen LogP contribution < -0.4 is 10.6 Å². The molecule has 0 unspecified atom stereocenters. The molecule has 0 atom stereocenters. The molecule has 136 valence electrons. The maximum absolute atomic E-state index is 11.8. The highest BCUT2D eigenvalue weighted by Gasteiger charge is 2.08. The molecule has 2 heterocycles. The van der Waals surface area contributed by atoms with Crippen LogP contribution >= 0.6 is 11.3 Å². The molecule has 7 nitrogen and oxygen atoms in total. The quantitative estimate of drug-likeness (QED) is 0.576. The van der Waals surface area contributed by atoms with Crippen molar-refractivity contribution < 1.29 is 4.79 Å². The SMILES string of the molecule is CCc1nn(C)cc1CN=C(NCC(=O)N(C)C)NCc1cccs1. The molecule has 0 saturated carbocycles. The fourth-order valence-corrected chi connectivity index (χ4v) is 2.90. The summed E-state index contributed by atoms with van der Waals surface area (Å²) in [5, 5.41) is 12.9. The minimum atomic E-state index is 0.00116. The highest BCUT2D eigenvalue weighted by Crippen LogP contribution is 2.09. The summed E-state index contributed by atoms with van der Waals surface area (Å²) in [6, 6.07) is 4.08. The van der Waals surface area contributed by atoms with E-state index >= 15 is 0 Å². The van der Waals surface area contributed by atoms with Crippen LogP contribution in [-0.2, 0) is 31.4 Å². The van der Waals surface area contributed by atoms with Crippen LogP contribution in [-0.4, -0.2) is 47.2 Å². The molecule has 0 radical (unpaired) electrons. The van der Waals surface area contributed by atoms with Crippen molar-refractivity contribution in [2.75, 3.05) is 20.6 Å². The summed E-state index contributed by atoms with van der Waals surface area (Å²) in [6.07, 6.45) is 2.86. The molecule has 0 aromatic carbocycles. The van der Waals surface area contributed by atoms with Crippen molar-refractivity contribution in [3.8, 4) is 0 Å². The van der Waals surface area contributed by atoms with E-state index in [1.165, 1.54) is 4.88 Å². The summed E-state index contributed by atoms with van der Waals surface area (Å²) < 4.78 is 1.81. The molecule has 0 bridgehead atoms. The molecule has 2 aromatic rings. The lowest BCUT2D eigenvalue weighted by Crippen LogP contribution is -2.42. The predicted octanol–water partition coefficient (Wildman–Crippen LogP) is 1.37. The van der Waals surface area contributed by atoms with Crippen LogP contribution in [0.3, 0.4) is 0 Å². The number of aliphatic imine (C=N–C) groups is 1. The average molecular weight is 363 g/mol. The van der Waals surface area contributed by atoms with Gasteiger partial charge in [-0.2, -0.15) is 5.10 Å². The van der Waals surface area contributed by atoms with Crippen molar-refractivity contribution in [1.82, 2.24) is 25.3 Å². The number of guanidine groups is 1. The second-order valence-electron chi connectivity index (χ2n) is 5.87. The Balaban J connectivity index is 2.04. The van der Waals surface area contributed by atoms with Crippen LogP contribution in [0.1, 0.15) is 23.1 Å². The molecule has 2 aromatic heterocycles. The van der Waals surface area contributed by atoms with Gasteiger partial charge in [0, 0.05) is 37.8 Å². The summed E-state index contributed by atoms with van der Waals surface area (Å²) in [6.45, 7) is 3.48. The number of thiophene rings is 1. The topological polar surface area (TPSA) is 74.5 Å². The third-order valence-electron chi connectivity index (χ3n) is 3.65. The summed E-state index contributed by atoms with van der Waals surface area (Å²) >= 11 is 1.68. The van der Waals surface area contributed by atoms with E-state index < -0.39 is 0 Å². The fourth-order valence-electron chi connectivity index (χ4n) is 2.25. The molecule has 0 fully saturated rings. The number of aryl methyl sites for hydroxylation is 2. The standard InChI is InChI=1S/C17H26N6OS/c1-5-15-13(12-23(4)21-15)9-18-17(20-11-16(24)22(2)3)19-10-14-7-6-8-25-14/h6-8,12H,5,9-11H2,1-4H3,(H2,18,19,20). The first-order valence-corrected chi connectivity index (χ1v) is 9.13. The van der Waals surface area contributed by atoms with Crippen LogP contribution in [0.2, 0.25) is 0 Å². The molecule has 0 aliphatic carbocycles. The van der Waals surface area contributed by atoms with Gasteiger partial charge in [0.15, 0.2) is 5.96 Å². The Kier molecular flexibility index (Phi) is 7.00. The zero-order valence-electron chi connectivity index (χ0n) is 15.2. The van der Waals surface area contributed by atoms with Gasteiger partial charge in [0.25, 0.3) is 0 Å². The first kappa shape index (κ1) is 19.0. The molecule has 0 spiro atoms. The average Bonchev–Trinajstić information content (AvgIpc) is 3.22. The van der Waals surface area contributed by atoms with E-state index in [2.05, 4.69) is 33.7 Å². The monoisotopic (exact) mass is 362 g/mol. The number of likely N-dealkylation sites (N-methyl/N-ethyl adjacent to an activating group) is 1.